The Hall–Kier alpha value is -3.39. The number of likely N-dealkylation sites (N-methyl/N-ethyl adjacent to an activating group) is 1. The fourth-order valence-corrected chi connectivity index (χ4v) is 3.32. The van der Waals surface area contributed by atoms with E-state index in [-0.39, 0.29) is 11.7 Å². The molecule has 29 heavy (non-hydrogen) atoms. The standard InChI is InChI=1S/C21H25N5O3/c1-24(2)18(14-8-6-5-7-9-14)13-22-19(27)20(28)23-15-10-11-16-17(12-15)26(4)21(29)25(16)3/h5-12,18H,13H2,1-4H3,(H,22,27)(H,23,28). The van der Waals surface area contributed by atoms with Crippen LogP contribution in [-0.4, -0.2) is 46.5 Å². The van der Waals surface area contributed by atoms with E-state index in [2.05, 4.69) is 10.6 Å². The molecule has 8 heteroatoms. The largest absolute Gasteiger partial charge is 0.346 e. The Bertz CT molecular complexity index is 1100. The molecule has 152 valence electrons. The van der Waals surface area contributed by atoms with Gasteiger partial charge in [-0.2, -0.15) is 0 Å². The minimum Gasteiger partial charge on any atom is -0.346 e. The van der Waals surface area contributed by atoms with Crippen LogP contribution in [0.25, 0.3) is 11.0 Å². The highest BCUT2D eigenvalue weighted by Gasteiger charge is 2.19. The summed E-state index contributed by atoms with van der Waals surface area (Å²) in [7, 11) is 7.19. The quantitative estimate of drug-likeness (QED) is 0.636. The summed E-state index contributed by atoms with van der Waals surface area (Å²) in [5.41, 5.74) is 2.76. The minimum absolute atomic E-state index is 0.0526. The molecule has 1 unspecified atom stereocenters. The molecule has 0 aliphatic heterocycles. The van der Waals surface area contributed by atoms with E-state index in [1.165, 1.54) is 9.13 Å². The summed E-state index contributed by atoms with van der Waals surface area (Å²) in [4.78, 5) is 38.6. The Morgan fingerprint density at radius 1 is 0.966 bits per heavy atom. The van der Waals surface area contributed by atoms with Crippen molar-refractivity contribution in [3.8, 4) is 0 Å². The lowest BCUT2D eigenvalue weighted by Gasteiger charge is -2.25. The Balaban J connectivity index is 1.67. The zero-order chi connectivity index (χ0) is 21.1. The number of benzene rings is 2. The number of nitrogens with one attached hydrogen (secondary N) is 2. The predicted molar refractivity (Wildman–Crippen MR) is 113 cm³/mol. The van der Waals surface area contributed by atoms with Gasteiger partial charge >= 0.3 is 17.5 Å². The Morgan fingerprint density at radius 3 is 2.28 bits per heavy atom. The highest BCUT2D eigenvalue weighted by Crippen LogP contribution is 2.18. The molecule has 1 aromatic heterocycles. The van der Waals surface area contributed by atoms with E-state index >= 15 is 0 Å². The van der Waals surface area contributed by atoms with Crippen LogP contribution in [0, 0.1) is 0 Å². The number of hydrogen-bond acceptors (Lipinski definition) is 4. The van der Waals surface area contributed by atoms with Gasteiger partial charge < -0.3 is 15.5 Å². The fourth-order valence-electron chi connectivity index (χ4n) is 3.32. The average molecular weight is 395 g/mol. The summed E-state index contributed by atoms with van der Waals surface area (Å²) in [6, 6.07) is 14.8. The van der Waals surface area contributed by atoms with Gasteiger partial charge in [-0.05, 0) is 37.9 Å². The summed E-state index contributed by atoms with van der Waals surface area (Å²) < 4.78 is 3.02. The molecule has 0 saturated carbocycles. The molecule has 2 N–H and O–H groups in total. The second-order valence-corrected chi connectivity index (χ2v) is 7.16. The van der Waals surface area contributed by atoms with Gasteiger partial charge in [0.1, 0.15) is 0 Å². The van der Waals surface area contributed by atoms with Gasteiger partial charge in [0.15, 0.2) is 0 Å². The van der Waals surface area contributed by atoms with Gasteiger partial charge in [0.05, 0.1) is 17.1 Å². The molecule has 2 aromatic carbocycles. The van der Waals surface area contributed by atoms with Crippen molar-refractivity contribution >= 4 is 28.5 Å². The highest BCUT2D eigenvalue weighted by molar-refractivity contribution is 6.39. The fraction of sp³-hybridized carbons (Fsp3) is 0.286. The van der Waals surface area contributed by atoms with Gasteiger partial charge in [-0.25, -0.2) is 4.79 Å². The zero-order valence-electron chi connectivity index (χ0n) is 17.0. The molecule has 1 heterocycles. The molecule has 3 rings (SSSR count). The third kappa shape index (κ3) is 4.22. The van der Waals surface area contributed by atoms with Gasteiger partial charge in [-0.3, -0.25) is 18.7 Å². The molecule has 0 aliphatic rings. The van der Waals surface area contributed by atoms with E-state index in [1.54, 1.807) is 32.3 Å². The minimum atomic E-state index is -0.754. The van der Waals surface area contributed by atoms with Crippen LogP contribution in [0.2, 0.25) is 0 Å². The highest BCUT2D eigenvalue weighted by atomic mass is 16.2. The topological polar surface area (TPSA) is 88.4 Å². The molecule has 0 fully saturated rings. The van der Waals surface area contributed by atoms with E-state index in [0.717, 1.165) is 11.1 Å². The second kappa shape index (κ2) is 8.32. The summed E-state index contributed by atoms with van der Waals surface area (Å²) in [5, 5.41) is 5.29. The monoisotopic (exact) mass is 395 g/mol. The number of anilines is 1. The van der Waals surface area contributed by atoms with Crippen LogP contribution in [0.4, 0.5) is 5.69 Å². The zero-order valence-corrected chi connectivity index (χ0v) is 17.0. The predicted octanol–water partition coefficient (Wildman–Crippen LogP) is 1.23. The lowest BCUT2D eigenvalue weighted by molar-refractivity contribution is -0.136. The van der Waals surface area contributed by atoms with Crippen LogP contribution in [0.1, 0.15) is 11.6 Å². The molecule has 1 atom stereocenters. The molecule has 3 aromatic rings. The smallest absolute Gasteiger partial charge is 0.328 e. The average Bonchev–Trinajstić information content (AvgIpc) is 2.92. The Labute approximate surface area is 168 Å². The Kier molecular flexibility index (Phi) is 5.84. The number of carbonyl (C=O) groups is 2. The molecule has 0 bridgehead atoms. The second-order valence-electron chi connectivity index (χ2n) is 7.16. The number of nitrogens with zero attached hydrogens (tertiary/aromatic N) is 3. The third-order valence-electron chi connectivity index (χ3n) is 5.00. The van der Waals surface area contributed by atoms with Crippen molar-refractivity contribution in [2.45, 2.75) is 6.04 Å². The van der Waals surface area contributed by atoms with Crippen LogP contribution >= 0.6 is 0 Å². The number of aromatic nitrogens is 2. The number of amides is 2. The molecule has 0 radical (unpaired) electrons. The number of carbonyl (C=O) groups excluding carboxylic acids is 2. The van der Waals surface area contributed by atoms with E-state index in [9.17, 15) is 14.4 Å². The Morgan fingerprint density at radius 2 is 1.62 bits per heavy atom. The number of hydrogen-bond donors (Lipinski definition) is 2. The van der Waals surface area contributed by atoms with Gasteiger partial charge in [0, 0.05) is 26.3 Å². The number of aryl methyl sites for hydroxylation is 2. The molecular weight excluding hydrogens is 370 g/mol. The van der Waals surface area contributed by atoms with Gasteiger partial charge in [0.25, 0.3) is 0 Å². The molecule has 2 amide bonds. The number of fused-ring (bicyclic) bond motifs is 1. The first-order valence-electron chi connectivity index (χ1n) is 9.25. The van der Waals surface area contributed by atoms with E-state index in [0.29, 0.717) is 17.7 Å². The van der Waals surface area contributed by atoms with Gasteiger partial charge in [-0.15, -0.1) is 0 Å². The van der Waals surface area contributed by atoms with Crippen molar-refractivity contribution in [1.29, 1.82) is 0 Å². The van der Waals surface area contributed by atoms with Crippen molar-refractivity contribution in [2.24, 2.45) is 14.1 Å². The van der Waals surface area contributed by atoms with Crippen molar-refractivity contribution in [3.05, 3.63) is 64.6 Å². The van der Waals surface area contributed by atoms with E-state index in [1.807, 2.05) is 49.3 Å². The van der Waals surface area contributed by atoms with Gasteiger partial charge in [-0.1, -0.05) is 30.3 Å². The van der Waals surface area contributed by atoms with Crippen molar-refractivity contribution in [1.82, 2.24) is 19.4 Å². The third-order valence-corrected chi connectivity index (χ3v) is 5.00. The molecule has 0 aliphatic carbocycles. The summed E-state index contributed by atoms with van der Waals surface area (Å²) >= 11 is 0. The number of imidazole rings is 1. The lowest BCUT2D eigenvalue weighted by atomic mass is 10.1. The summed E-state index contributed by atoms with van der Waals surface area (Å²) in [6.07, 6.45) is 0. The van der Waals surface area contributed by atoms with Gasteiger partial charge in [0.2, 0.25) is 0 Å². The van der Waals surface area contributed by atoms with Crippen LogP contribution in [0.5, 0.6) is 0 Å². The normalized spacial score (nSPS) is 12.2. The van der Waals surface area contributed by atoms with Crippen molar-refractivity contribution < 1.29 is 9.59 Å². The maximum absolute atomic E-state index is 12.3. The van der Waals surface area contributed by atoms with Crippen LogP contribution in [0.15, 0.2) is 53.3 Å². The van der Waals surface area contributed by atoms with Crippen molar-refractivity contribution in [2.75, 3.05) is 26.0 Å². The first-order valence-corrected chi connectivity index (χ1v) is 9.25. The molecule has 0 saturated heterocycles. The molecule has 8 nitrogen and oxygen atoms in total. The number of rotatable bonds is 5. The summed E-state index contributed by atoms with van der Waals surface area (Å²) in [5.74, 6) is -1.47. The van der Waals surface area contributed by atoms with Crippen molar-refractivity contribution in [3.63, 3.8) is 0 Å². The molecular formula is C21H25N5O3. The molecule has 0 spiro atoms. The first kappa shape index (κ1) is 20.3. The SMILES string of the molecule is CN(C)C(CNC(=O)C(=O)Nc1ccc2c(c1)n(C)c(=O)n2C)c1ccccc1. The maximum atomic E-state index is 12.3. The van der Waals surface area contributed by atoms with Crippen LogP contribution in [0.3, 0.4) is 0 Å². The van der Waals surface area contributed by atoms with Crippen LogP contribution < -0.4 is 16.3 Å². The summed E-state index contributed by atoms with van der Waals surface area (Å²) in [6.45, 7) is 0.301. The van der Waals surface area contributed by atoms with Crippen LogP contribution in [-0.2, 0) is 23.7 Å². The lowest BCUT2D eigenvalue weighted by Crippen LogP contribution is -2.40. The first-order chi connectivity index (χ1) is 13.8. The van der Waals surface area contributed by atoms with E-state index in [4.69, 9.17) is 0 Å². The van der Waals surface area contributed by atoms with E-state index < -0.39 is 11.8 Å². The maximum Gasteiger partial charge on any atom is 0.328 e.